The minimum absolute atomic E-state index is 0.152. The number of aromatic nitrogens is 2. The first-order chi connectivity index (χ1) is 6.65. The molecule has 0 unspecified atom stereocenters. The molecule has 0 saturated carbocycles. The molecule has 74 valence electrons. The van der Waals surface area contributed by atoms with Gasteiger partial charge in [-0.05, 0) is 6.92 Å². The van der Waals surface area contributed by atoms with E-state index in [1.807, 2.05) is 6.92 Å². The Balaban J connectivity index is 2.90. The van der Waals surface area contributed by atoms with Gasteiger partial charge in [-0.15, -0.1) is 0 Å². The van der Waals surface area contributed by atoms with Gasteiger partial charge in [0.25, 0.3) is 0 Å². The molecule has 1 aromatic rings. The number of aldehydes is 1. The second kappa shape index (κ2) is 4.72. The summed E-state index contributed by atoms with van der Waals surface area (Å²) in [6.45, 7) is 6.14. The largest absolute Gasteiger partial charge is 0.366 e. The van der Waals surface area contributed by atoms with Crippen LogP contribution in [0.25, 0.3) is 0 Å². The van der Waals surface area contributed by atoms with E-state index >= 15 is 0 Å². The van der Waals surface area contributed by atoms with Gasteiger partial charge in [-0.3, -0.25) is 4.79 Å². The van der Waals surface area contributed by atoms with Crippen molar-refractivity contribution in [1.29, 1.82) is 0 Å². The SMILES string of the molecule is C=C(C)CNc1ncnc(Cl)c1C=O. The molecule has 0 atom stereocenters. The molecule has 14 heavy (non-hydrogen) atoms. The molecule has 1 aromatic heterocycles. The molecule has 5 heteroatoms. The summed E-state index contributed by atoms with van der Waals surface area (Å²) in [6, 6.07) is 0. The molecule has 0 amide bonds. The highest BCUT2D eigenvalue weighted by atomic mass is 35.5. The third-order valence-corrected chi connectivity index (χ3v) is 1.81. The Bertz CT molecular complexity index is 365. The standard InChI is InChI=1S/C9H10ClN3O/c1-6(2)3-11-9-7(4-14)8(10)12-5-13-9/h4-5H,1,3H2,2H3,(H,11,12,13). The summed E-state index contributed by atoms with van der Waals surface area (Å²) in [7, 11) is 0. The maximum Gasteiger partial charge on any atom is 0.156 e. The van der Waals surface area contributed by atoms with Crippen LogP contribution >= 0.6 is 11.6 Å². The second-order valence-electron chi connectivity index (χ2n) is 2.86. The number of nitrogens with one attached hydrogen (secondary N) is 1. The Labute approximate surface area is 87.0 Å². The van der Waals surface area contributed by atoms with E-state index in [0.717, 1.165) is 5.57 Å². The smallest absolute Gasteiger partial charge is 0.156 e. The fourth-order valence-corrected chi connectivity index (χ4v) is 1.03. The van der Waals surface area contributed by atoms with Crippen LogP contribution in [0.1, 0.15) is 17.3 Å². The van der Waals surface area contributed by atoms with E-state index in [0.29, 0.717) is 18.6 Å². The van der Waals surface area contributed by atoms with E-state index in [2.05, 4.69) is 21.9 Å². The Hall–Kier alpha value is -1.42. The average molecular weight is 212 g/mol. The lowest BCUT2D eigenvalue weighted by Gasteiger charge is -2.07. The number of rotatable bonds is 4. The van der Waals surface area contributed by atoms with Crippen molar-refractivity contribution in [3.05, 3.63) is 29.2 Å². The minimum Gasteiger partial charge on any atom is -0.366 e. The molecule has 0 aromatic carbocycles. The van der Waals surface area contributed by atoms with Gasteiger partial charge in [0.15, 0.2) is 6.29 Å². The topological polar surface area (TPSA) is 54.9 Å². The lowest BCUT2D eigenvalue weighted by Crippen LogP contribution is -2.07. The summed E-state index contributed by atoms with van der Waals surface area (Å²) in [5, 5.41) is 3.09. The Morgan fingerprint density at radius 1 is 1.71 bits per heavy atom. The van der Waals surface area contributed by atoms with Crippen molar-refractivity contribution in [2.45, 2.75) is 6.92 Å². The maximum atomic E-state index is 10.7. The number of anilines is 1. The molecule has 0 aliphatic carbocycles. The van der Waals surface area contributed by atoms with Gasteiger partial charge in [0.1, 0.15) is 17.3 Å². The van der Waals surface area contributed by atoms with Crippen molar-refractivity contribution in [2.24, 2.45) is 0 Å². The molecule has 4 nitrogen and oxygen atoms in total. The fourth-order valence-electron chi connectivity index (χ4n) is 0.854. The summed E-state index contributed by atoms with van der Waals surface area (Å²) >= 11 is 5.70. The number of hydrogen-bond donors (Lipinski definition) is 1. The molecule has 1 rings (SSSR count). The molecule has 0 radical (unpaired) electrons. The van der Waals surface area contributed by atoms with Crippen molar-refractivity contribution < 1.29 is 4.79 Å². The van der Waals surface area contributed by atoms with Crippen LogP contribution in [0, 0.1) is 0 Å². The Morgan fingerprint density at radius 3 is 3.00 bits per heavy atom. The molecule has 0 saturated heterocycles. The van der Waals surface area contributed by atoms with Crippen LogP contribution in [0.3, 0.4) is 0 Å². The van der Waals surface area contributed by atoms with Crippen LogP contribution in [0.4, 0.5) is 5.82 Å². The number of carbonyl (C=O) groups is 1. The summed E-state index contributed by atoms with van der Waals surface area (Å²) in [5.41, 5.74) is 1.21. The predicted octanol–water partition coefficient (Wildman–Crippen LogP) is 1.93. The highest BCUT2D eigenvalue weighted by molar-refractivity contribution is 6.32. The monoisotopic (exact) mass is 211 g/mol. The third-order valence-electron chi connectivity index (χ3n) is 1.51. The molecule has 0 fully saturated rings. The lowest BCUT2D eigenvalue weighted by molar-refractivity contribution is 0.112. The van der Waals surface area contributed by atoms with Crippen LogP contribution in [0.2, 0.25) is 5.15 Å². The maximum absolute atomic E-state index is 10.7. The molecular weight excluding hydrogens is 202 g/mol. The summed E-state index contributed by atoms with van der Waals surface area (Å²) in [4.78, 5) is 18.3. The van der Waals surface area contributed by atoms with E-state index in [-0.39, 0.29) is 10.7 Å². The summed E-state index contributed by atoms with van der Waals surface area (Å²) < 4.78 is 0. The number of carbonyl (C=O) groups excluding carboxylic acids is 1. The van der Waals surface area contributed by atoms with Gasteiger partial charge in [0, 0.05) is 6.54 Å². The molecule has 0 aliphatic rings. The summed E-state index contributed by atoms with van der Waals surface area (Å²) in [5.74, 6) is 0.433. The van der Waals surface area contributed by atoms with Crippen molar-refractivity contribution in [1.82, 2.24) is 9.97 Å². The normalized spacial score (nSPS) is 9.57. The first-order valence-corrected chi connectivity index (χ1v) is 4.37. The van der Waals surface area contributed by atoms with Gasteiger partial charge < -0.3 is 5.32 Å². The van der Waals surface area contributed by atoms with Crippen LogP contribution in [-0.2, 0) is 0 Å². The molecule has 0 bridgehead atoms. The quantitative estimate of drug-likeness (QED) is 0.470. The molecule has 0 aliphatic heterocycles. The van der Waals surface area contributed by atoms with Crippen LogP contribution in [-0.4, -0.2) is 22.8 Å². The Morgan fingerprint density at radius 2 is 2.43 bits per heavy atom. The highest BCUT2D eigenvalue weighted by Gasteiger charge is 2.07. The van der Waals surface area contributed by atoms with Crippen molar-refractivity contribution in [2.75, 3.05) is 11.9 Å². The van der Waals surface area contributed by atoms with Crippen LogP contribution in [0.5, 0.6) is 0 Å². The first kappa shape index (κ1) is 10.7. The van der Waals surface area contributed by atoms with E-state index in [9.17, 15) is 4.79 Å². The van der Waals surface area contributed by atoms with E-state index < -0.39 is 0 Å². The molecular formula is C9H10ClN3O. The Kier molecular flexibility index (Phi) is 3.59. The first-order valence-electron chi connectivity index (χ1n) is 3.99. The predicted molar refractivity (Wildman–Crippen MR) is 55.7 cm³/mol. The van der Waals surface area contributed by atoms with Gasteiger partial charge >= 0.3 is 0 Å². The van der Waals surface area contributed by atoms with Crippen molar-refractivity contribution in [3.8, 4) is 0 Å². The fraction of sp³-hybridized carbons (Fsp3) is 0.222. The minimum atomic E-state index is 0.152. The third kappa shape index (κ3) is 2.53. The van der Waals surface area contributed by atoms with Gasteiger partial charge in [-0.25, -0.2) is 9.97 Å². The summed E-state index contributed by atoms with van der Waals surface area (Å²) in [6.07, 6.45) is 1.93. The van der Waals surface area contributed by atoms with Crippen LogP contribution < -0.4 is 5.32 Å². The second-order valence-corrected chi connectivity index (χ2v) is 3.21. The van der Waals surface area contributed by atoms with E-state index in [1.165, 1.54) is 6.33 Å². The van der Waals surface area contributed by atoms with Gasteiger partial charge in [0.2, 0.25) is 0 Å². The molecule has 1 heterocycles. The average Bonchev–Trinajstić information content (AvgIpc) is 2.14. The van der Waals surface area contributed by atoms with E-state index in [4.69, 9.17) is 11.6 Å². The zero-order valence-electron chi connectivity index (χ0n) is 7.75. The lowest BCUT2D eigenvalue weighted by atomic mass is 10.3. The molecule has 0 spiro atoms. The van der Waals surface area contributed by atoms with Crippen molar-refractivity contribution in [3.63, 3.8) is 0 Å². The molecule has 1 N–H and O–H groups in total. The van der Waals surface area contributed by atoms with Gasteiger partial charge in [-0.1, -0.05) is 23.8 Å². The number of nitrogens with zero attached hydrogens (tertiary/aromatic N) is 2. The van der Waals surface area contributed by atoms with Crippen LogP contribution in [0.15, 0.2) is 18.5 Å². The van der Waals surface area contributed by atoms with E-state index in [1.54, 1.807) is 0 Å². The number of hydrogen-bond acceptors (Lipinski definition) is 4. The highest BCUT2D eigenvalue weighted by Crippen LogP contribution is 2.16. The van der Waals surface area contributed by atoms with Gasteiger partial charge in [0.05, 0.1) is 5.56 Å². The van der Waals surface area contributed by atoms with Gasteiger partial charge in [-0.2, -0.15) is 0 Å². The zero-order chi connectivity index (χ0) is 10.6. The number of halogens is 1. The van der Waals surface area contributed by atoms with Crippen molar-refractivity contribution >= 4 is 23.7 Å². The zero-order valence-corrected chi connectivity index (χ0v) is 8.51.